The lowest BCUT2D eigenvalue weighted by atomic mass is 9.90. The van der Waals surface area contributed by atoms with Crippen LogP contribution in [0.1, 0.15) is 48.7 Å². The van der Waals surface area contributed by atoms with Gasteiger partial charge < -0.3 is 39.9 Å². The van der Waals surface area contributed by atoms with Crippen molar-refractivity contribution in [2.24, 2.45) is 0 Å². The van der Waals surface area contributed by atoms with Gasteiger partial charge in [0, 0.05) is 15.6 Å². The standard InChI is InChI=1S/C21H18N4O4.C18H14N4O4.C3H5I/c1-4-6-13(21(26)27-5-2)18-14(10-22)17(19(24-3)20(23)25-18)12-7-8-15-16(9-12)29-11-28-15;1-3-24-15(23)7-12-11(8-19)16(17(21-2)18(20)22-12)10-4-5-13-14(6-10)26-9-25-13;1-2-3-4/h4,7-9,13H,1,5-6,11H2,2H3,(H2,23,25);4-6H,3,7,9H2,1H3,(H2,20,22);2H,1,3H2. The molecule has 0 saturated carbocycles. The summed E-state index contributed by atoms with van der Waals surface area (Å²) < 4.78 is 32.5. The number of nitrogens with two attached hydrogens (primary N) is 2. The number of hydrogen-bond donors (Lipinski definition) is 2. The number of pyridine rings is 2. The Hall–Kier alpha value is -7.35. The molecule has 300 valence electrons. The largest absolute Gasteiger partial charge is 0.466 e. The number of ether oxygens (including phenoxy) is 6. The maximum absolute atomic E-state index is 12.5. The van der Waals surface area contributed by atoms with E-state index in [1.807, 2.05) is 12.1 Å². The molecule has 0 fully saturated rings. The Bertz CT molecular complexity index is 2450. The highest BCUT2D eigenvalue weighted by atomic mass is 127. The highest BCUT2D eigenvalue weighted by Crippen LogP contribution is 2.45. The molecule has 0 spiro atoms. The molecule has 4 heterocycles. The Morgan fingerprint density at radius 1 is 0.847 bits per heavy atom. The predicted octanol–water partition coefficient (Wildman–Crippen LogP) is 7.90. The fraction of sp³-hybridized carbons (Fsp3) is 0.238. The molecule has 6 rings (SSSR count). The lowest BCUT2D eigenvalue weighted by Crippen LogP contribution is -2.19. The third kappa shape index (κ3) is 10.2. The third-order valence-corrected chi connectivity index (χ3v) is 8.92. The number of rotatable bonds is 11. The molecule has 0 saturated heterocycles. The van der Waals surface area contributed by atoms with Gasteiger partial charge in [-0.2, -0.15) is 10.5 Å². The molecule has 2 aromatic heterocycles. The lowest BCUT2D eigenvalue weighted by Gasteiger charge is -2.19. The summed E-state index contributed by atoms with van der Waals surface area (Å²) in [6.07, 6.45) is 3.40. The van der Waals surface area contributed by atoms with Crippen molar-refractivity contribution in [1.82, 2.24) is 9.97 Å². The van der Waals surface area contributed by atoms with E-state index in [1.54, 1.807) is 56.3 Å². The van der Waals surface area contributed by atoms with Crippen molar-refractivity contribution < 1.29 is 38.0 Å². The summed E-state index contributed by atoms with van der Waals surface area (Å²) in [5, 5.41) is 19.6. The Morgan fingerprint density at radius 3 is 1.80 bits per heavy atom. The maximum atomic E-state index is 12.5. The molecule has 2 aromatic carbocycles. The average molecular weight is 909 g/mol. The number of allylic oxidation sites excluding steroid dienone is 2. The van der Waals surface area contributed by atoms with Gasteiger partial charge in [-0.3, -0.25) is 9.59 Å². The minimum absolute atomic E-state index is 0.0328. The zero-order valence-electron chi connectivity index (χ0n) is 32.0. The van der Waals surface area contributed by atoms with Crippen molar-refractivity contribution in [1.29, 1.82) is 10.5 Å². The quantitative estimate of drug-likeness (QED) is 0.0480. The minimum Gasteiger partial charge on any atom is -0.466 e. The summed E-state index contributed by atoms with van der Waals surface area (Å²) >= 11 is 2.23. The topological polar surface area (TPSA) is 224 Å². The van der Waals surface area contributed by atoms with Crippen LogP contribution in [0.4, 0.5) is 23.0 Å². The molecule has 0 bridgehead atoms. The van der Waals surface area contributed by atoms with Crippen LogP contribution in [0.25, 0.3) is 31.9 Å². The predicted molar refractivity (Wildman–Crippen MR) is 226 cm³/mol. The van der Waals surface area contributed by atoms with Crippen molar-refractivity contribution in [3.63, 3.8) is 0 Å². The second-order valence-electron chi connectivity index (χ2n) is 11.9. The number of alkyl halides is 1. The number of nitrogen functional groups attached to an aromatic ring is 2. The Kier molecular flexibility index (Phi) is 16.0. The smallest absolute Gasteiger partial charge is 0.315 e. The van der Waals surface area contributed by atoms with E-state index >= 15 is 0 Å². The van der Waals surface area contributed by atoms with Crippen LogP contribution in [0.2, 0.25) is 0 Å². The number of nitrogens with zero attached hydrogens (tertiary/aromatic N) is 6. The van der Waals surface area contributed by atoms with E-state index in [2.05, 4.69) is 61.5 Å². The SMILES string of the molecule is C=CCI.[C-]#[N+]c1c(N)nc(C(CC=C)C(=O)OCC)c(C#N)c1-c1ccc2c(c1)OCO2.[C-]#[N+]c1c(N)nc(CC(=O)OCC)c(C#N)c1-c1ccc2c(c1)OCO2. The Morgan fingerprint density at radius 2 is 1.34 bits per heavy atom. The van der Waals surface area contributed by atoms with Crippen molar-refractivity contribution in [2.45, 2.75) is 32.6 Å². The van der Waals surface area contributed by atoms with E-state index < -0.39 is 17.9 Å². The zero-order valence-corrected chi connectivity index (χ0v) is 34.2. The fourth-order valence-electron chi connectivity index (χ4n) is 5.84. The van der Waals surface area contributed by atoms with Gasteiger partial charge >= 0.3 is 11.9 Å². The maximum Gasteiger partial charge on any atom is 0.315 e. The molecule has 1 atom stereocenters. The number of benzene rings is 2. The molecule has 2 aliphatic rings. The van der Waals surface area contributed by atoms with Crippen molar-refractivity contribution >= 4 is 57.5 Å². The van der Waals surface area contributed by atoms with Gasteiger partial charge in [0.05, 0.1) is 55.3 Å². The van der Waals surface area contributed by atoms with Crippen LogP contribution in [0, 0.1) is 35.8 Å². The number of hydrogen-bond acceptors (Lipinski definition) is 14. The van der Waals surface area contributed by atoms with E-state index in [0.717, 1.165) is 4.43 Å². The molecule has 4 N–H and O–H groups in total. The molecule has 0 radical (unpaired) electrons. The molecule has 16 nitrogen and oxygen atoms in total. The molecule has 17 heteroatoms. The second-order valence-corrected chi connectivity index (χ2v) is 12.7. The van der Waals surface area contributed by atoms with Crippen molar-refractivity contribution in [3.05, 3.63) is 107 Å². The zero-order chi connectivity index (χ0) is 43.1. The molecular weight excluding hydrogens is 871 g/mol. The van der Waals surface area contributed by atoms with Gasteiger partial charge in [-0.25, -0.2) is 19.7 Å². The monoisotopic (exact) mass is 908 g/mol. The summed E-state index contributed by atoms with van der Waals surface area (Å²) in [5.41, 5.74) is 14.3. The van der Waals surface area contributed by atoms with Crippen LogP contribution in [0.15, 0.2) is 61.7 Å². The highest BCUT2D eigenvalue weighted by Gasteiger charge is 2.31. The summed E-state index contributed by atoms with van der Waals surface area (Å²) in [5.74, 6) is 0.0892. The van der Waals surface area contributed by atoms with E-state index in [9.17, 15) is 20.1 Å². The van der Waals surface area contributed by atoms with Crippen LogP contribution in [0.3, 0.4) is 0 Å². The molecule has 1 unspecified atom stereocenters. The van der Waals surface area contributed by atoms with Crippen molar-refractivity contribution in [3.8, 4) is 57.4 Å². The van der Waals surface area contributed by atoms with Gasteiger partial charge in [-0.05, 0) is 55.7 Å². The van der Waals surface area contributed by atoms with E-state index in [-0.39, 0.29) is 85.2 Å². The van der Waals surface area contributed by atoms with Crippen LogP contribution in [-0.4, -0.2) is 53.1 Å². The van der Waals surface area contributed by atoms with Gasteiger partial charge in [0.15, 0.2) is 23.0 Å². The Labute approximate surface area is 354 Å². The van der Waals surface area contributed by atoms with E-state index in [4.69, 9.17) is 53.0 Å². The molecule has 59 heavy (non-hydrogen) atoms. The van der Waals surface area contributed by atoms with E-state index in [0.29, 0.717) is 45.3 Å². The first-order chi connectivity index (χ1) is 28.5. The number of nitriles is 2. The first-order valence-electron chi connectivity index (χ1n) is 17.7. The minimum atomic E-state index is -0.864. The van der Waals surface area contributed by atoms with Crippen LogP contribution >= 0.6 is 22.6 Å². The number of aromatic nitrogens is 2. The second kappa shape index (κ2) is 21.3. The van der Waals surface area contributed by atoms with Gasteiger partial charge in [0.2, 0.25) is 25.0 Å². The number of carbonyl (C=O) groups is 2. The van der Waals surface area contributed by atoms with Gasteiger partial charge in [0.25, 0.3) is 0 Å². The molecule has 2 aliphatic heterocycles. The summed E-state index contributed by atoms with van der Waals surface area (Å²) in [6, 6.07) is 14.3. The number of halogens is 1. The van der Waals surface area contributed by atoms with E-state index in [1.165, 1.54) is 0 Å². The Balaban J connectivity index is 0.000000240. The number of carbonyl (C=O) groups excluding carboxylic acids is 2. The third-order valence-electron chi connectivity index (χ3n) is 8.30. The number of fused-ring (bicyclic) bond motifs is 2. The molecule has 0 aliphatic carbocycles. The molecule has 4 aromatic rings. The van der Waals surface area contributed by atoms with Crippen LogP contribution in [-0.2, 0) is 25.5 Å². The number of anilines is 2. The van der Waals surface area contributed by atoms with Crippen LogP contribution in [0.5, 0.6) is 23.0 Å². The lowest BCUT2D eigenvalue weighted by molar-refractivity contribution is -0.145. The summed E-state index contributed by atoms with van der Waals surface area (Å²) in [4.78, 5) is 39.6. The number of esters is 2. The van der Waals surface area contributed by atoms with Crippen LogP contribution < -0.4 is 30.4 Å². The highest BCUT2D eigenvalue weighted by molar-refractivity contribution is 14.1. The van der Waals surface area contributed by atoms with Gasteiger partial charge in [-0.15, -0.1) is 13.2 Å². The molecular formula is C42H37IN8O8. The normalized spacial score (nSPS) is 11.6. The fourth-order valence-corrected chi connectivity index (χ4v) is 5.84. The molecule has 0 amide bonds. The van der Waals surface area contributed by atoms with Crippen molar-refractivity contribution in [2.75, 3.05) is 42.7 Å². The van der Waals surface area contributed by atoms with Gasteiger partial charge in [0.1, 0.15) is 29.7 Å². The summed E-state index contributed by atoms with van der Waals surface area (Å²) in [7, 11) is 0. The first-order valence-corrected chi connectivity index (χ1v) is 19.2. The first kappa shape index (κ1) is 44.4. The summed E-state index contributed by atoms with van der Waals surface area (Å²) in [6.45, 7) is 26.1. The van der Waals surface area contributed by atoms with Gasteiger partial charge in [-0.1, -0.05) is 46.9 Å². The average Bonchev–Trinajstić information content (AvgIpc) is 3.92.